The predicted molar refractivity (Wildman–Crippen MR) is 84.1 cm³/mol. The van der Waals surface area contributed by atoms with E-state index in [1.54, 1.807) is 6.33 Å². The molecule has 0 saturated carbocycles. The Labute approximate surface area is 119 Å². The van der Waals surface area contributed by atoms with Crippen molar-refractivity contribution >= 4 is 8.32 Å². The van der Waals surface area contributed by atoms with E-state index in [-0.39, 0.29) is 0 Å². The molecule has 0 saturated heterocycles. The molecule has 0 aliphatic heterocycles. The van der Waals surface area contributed by atoms with Crippen LogP contribution in [0.4, 0.5) is 0 Å². The van der Waals surface area contributed by atoms with Gasteiger partial charge in [0.2, 0.25) is 0 Å². The molecule has 3 nitrogen and oxygen atoms in total. The Morgan fingerprint density at radius 3 is 2.47 bits per heavy atom. The molecule has 0 unspecified atom stereocenters. The topological polar surface area (TPSA) is 37.9 Å². The van der Waals surface area contributed by atoms with E-state index in [2.05, 4.69) is 57.7 Å². The maximum absolute atomic E-state index is 6.19. The van der Waals surface area contributed by atoms with Gasteiger partial charge in [0.15, 0.2) is 8.32 Å². The summed E-state index contributed by atoms with van der Waals surface area (Å²) in [6.07, 6.45) is 3.86. The van der Waals surface area contributed by atoms with Gasteiger partial charge in [-0.3, -0.25) is 0 Å². The number of hydrogen-bond donors (Lipinski definition) is 1. The maximum Gasteiger partial charge on any atom is 0.191 e. The maximum atomic E-state index is 6.19. The minimum atomic E-state index is -1.59. The third-order valence-corrected chi connectivity index (χ3v) is 8.69. The molecule has 0 aromatic carbocycles. The van der Waals surface area contributed by atoms with Gasteiger partial charge in [0.05, 0.1) is 12.0 Å². The first-order chi connectivity index (χ1) is 8.65. The van der Waals surface area contributed by atoms with E-state index in [1.807, 2.05) is 0 Å². The van der Waals surface area contributed by atoms with Gasteiger partial charge < -0.3 is 9.41 Å². The van der Waals surface area contributed by atoms with Crippen molar-refractivity contribution in [2.75, 3.05) is 6.61 Å². The number of aromatic amines is 1. The van der Waals surface area contributed by atoms with Crippen LogP contribution in [-0.2, 0) is 10.8 Å². The van der Waals surface area contributed by atoms with Crippen LogP contribution in [0.1, 0.15) is 58.3 Å². The molecule has 0 aliphatic rings. The molecule has 0 fully saturated rings. The number of nitrogens with zero attached hydrogens (tertiary/aromatic N) is 1. The van der Waals surface area contributed by atoms with E-state index in [0.717, 1.165) is 19.4 Å². The van der Waals surface area contributed by atoms with Crippen LogP contribution in [0.2, 0.25) is 18.1 Å². The summed E-state index contributed by atoms with van der Waals surface area (Å²) in [5.41, 5.74) is 2.47. The number of hydrogen-bond acceptors (Lipinski definition) is 2. The van der Waals surface area contributed by atoms with Crippen LogP contribution in [0.3, 0.4) is 0 Å². The Morgan fingerprint density at radius 1 is 1.32 bits per heavy atom. The zero-order valence-corrected chi connectivity index (χ0v) is 14.6. The van der Waals surface area contributed by atoms with Gasteiger partial charge in [-0.2, -0.15) is 0 Å². The van der Waals surface area contributed by atoms with E-state index >= 15 is 0 Å². The van der Waals surface area contributed by atoms with Crippen LogP contribution >= 0.6 is 0 Å². The van der Waals surface area contributed by atoms with E-state index in [4.69, 9.17) is 4.43 Å². The van der Waals surface area contributed by atoms with E-state index in [9.17, 15) is 0 Å². The van der Waals surface area contributed by atoms with Gasteiger partial charge in [0.25, 0.3) is 0 Å². The standard InChI is InChI=1S/C15H30N2OSi/c1-12(2)14-13(16-11-17-14)9-8-10-18-19(6,7)15(3,4)5/h11-12H,8-10H2,1-7H3,(H,16,17). The summed E-state index contributed by atoms with van der Waals surface area (Å²) in [7, 11) is -1.59. The molecule has 4 heteroatoms. The molecule has 0 spiro atoms. The molecule has 1 N–H and O–H groups in total. The van der Waals surface area contributed by atoms with Gasteiger partial charge in [-0.25, -0.2) is 4.98 Å². The number of rotatable bonds is 6. The van der Waals surface area contributed by atoms with Crippen LogP contribution in [0.5, 0.6) is 0 Å². The summed E-state index contributed by atoms with van der Waals surface area (Å²) in [6, 6.07) is 0. The molecule has 0 radical (unpaired) electrons. The molecule has 0 amide bonds. The molecule has 110 valence electrons. The zero-order chi connectivity index (χ0) is 14.7. The lowest BCUT2D eigenvalue weighted by Crippen LogP contribution is -2.41. The molecule has 1 rings (SSSR count). The van der Waals surface area contributed by atoms with Crippen LogP contribution < -0.4 is 0 Å². The van der Waals surface area contributed by atoms with E-state index < -0.39 is 8.32 Å². The highest BCUT2D eigenvalue weighted by molar-refractivity contribution is 6.74. The quantitative estimate of drug-likeness (QED) is 0.617. The summed E-state index contributed by atoms with van der Waals surface area (Å²) in [4.78, 5) is 7.66. The molecular weight excluding hydrogens is 252 g/mol. The lowest BCUT2D eigenvalue weighted by Gasteiger charge is -2.36. The highest BCUT2D eigenvalue weighted by atomic mass is 28.4. The molecule has 19 heavy (non-hydrogen) atoms. The average Bonchev–Trinajstić information content (AvgIpc) is 2.71. The number of aryl methyl sites for hydroxylation is 1. The van der Waals surface area contributed by atoms with Gasteiger partial charge >= 0.3 is 0 Å². The Morgan fingerprint density at radius 2 is 1.95 bits per heavy atom. The zero-order valence-electron chi connectivity index (χ0n) is 13.6. The summed E-state index contributed by atoms with van der Waals surface area (Å²) in [6.45, 7) is 16.7. The first kappa shape index (κ1) is 16.4. The molecule has 1 aromatic rings. The van der Waals surface area contributed by atoms with Crippen LogP contribution in [0.25, 0.3) is 0 Å². The molecule has 0 atom stereocenters. The molecule has 0 bridgehead atoms. The number of nitrogens with one attached hydrogen (secondary N) is 1. The van der Waals surface area contributed by atoms with Gasteiger partial charge in [-0.05, 0) is 36.9 Å². The van der Waals surface area contributed by atoms with Crippen molar-refractivity contribution in [2.45, 2.75) is 71.5 Å². The molecule has 1 aromatic heterocycles. The summed E-state index contributed by atoms with van der Waals surface area (Å²) >= 11 is 0. The largest absolute Gasteiger partial charge is 0.417 e. The highest BCUT2D eigenvalue weighted by Gasteiger charge is 2.36. The third kappa shape index (κ3) is 4.46. The minimum absolute atomic E-state index is 0.294. The van der Waals surface area contributed by atoms with Gasteiger partial charge in [0, 0.05) is 12.3 Å². The highest BCUT2D eigenvalue weighted by Crippen LogP contribution is 2.36. The Hall–Kier alpha value is -0.613. The van der Waals surface area contributed by atoms with E-state index in [0.29, 0.717) is 11.0 Å². The predicted octanol–water partition coefficient (Wildman–Crippen LogP) is 4.49. The Kier molecular flexibility index (Phi) is 5.39. The fraction of sp³-hybridized carbons (Fsp3) is 0.800. The SMILES string of the molecule is CC(C)c1[nH]cnc1CCCO[Si](C)(C)C(C)(C)C. The van der Waals surface area contributed by atoms with Gasteiger partial charge in [0.1, 0.15) is 0 Å². The van der Waals surface area contributed by atoms with Crippen LogP contribution in [0, 0.1) is 0 Å². The molecule has 1 heterocycles. The Bertz CT molecular complexity index is 391. The van der Waals surface area contributed by atoms with Crippen LogP contribution in [0.15, 0.2) is 6.33 Å². The van der Waals surface area contributed by atoms with Crippen molar-refractivity contribution in [3.63, 3.8) is 0 Å². The second kappa shape index (κ2) is 6.22. The second-order valence-corrected chi connectivity index (χ2v) is 11.9. The minimum Gasteiger partial charge on any atom is -0.417 e. The molecule has 0 aliphatic carbocycles. The smallest absolute Gasteiger partial charge is 0.191 e. The van der Waals surface area contributed by atoms with E-state index in [1.165, 1.54) is 11.4 Å². The third-order valence-electron chi connectivity index (χ3n) is 4.16. The van der Waals surface area contributed by atoms with Crippen molar-refractivity contribution in [3.8, 4) is 0 Å². The lowest BCUT2D eigenvalue weighted by molar-refractivity contribution is 0.282. The fourth-order valence-corrected chi connectivity index (χ4v) is 2.90. The summed E-state index contributed by atoms with van der Waals surface area (Å²) in [5.74, 6) is 0.513. The van der Waals surface area contributed by atoms with Crippen molar-refractivity contribution in [1.29, 1.82) is 0 Å². The van der Waals surface area contributed by atoms with Crippen molar-refractivity contribution in [1.82, 2.24) is 9.97 Å². The first-order valence-corrected chi connectivity index (χ1v) is 10.2. The fourth-order valence-electron chi connectivity index (χ4n) is 1.82. The van der Waals surface area contributed by atoms with Crippen molar-refractivity contribution in [3.05, 3.63) is 17.7 Å². The second-order valence-electron chi connectivity index (χ2n) is 7.13. The van der Waals surface area contributed by atoms with Crippen molar-refractivity contribution < 1.29 is 4.43 Å². The van der Waals surface area contributed by atoms with Gasteiger partial charge in [-0.15, -0.1) is 0 Å². The summed E-state index contributed by atoms with van der Waals surface area (Å²) < 4.78 is 6.19. The Balaban J connectivity index is 2.41. The van der Waals surface area contributed by atoms with Gasteiger partial charge in [-0.1, -0.05) is 34.6 Å². The first-order valence-electron chi connectivity index (χ1n) is 7.31. The van der Waals surface area contributed by atoms with Crippen molar-refractivity contribution in [2.24, 2.45) is 0 Å². The lowest BCUT2D eigenvalue weighted by atomic mass is 10.1. The average molecular weight is 283 g/mol. The monoisotopic (exact) mass is 282 g/mol. The number of imidazole rings is 1. The number of H-pyrrole nitrogens is 1. The normalized spacial score (nSPS) is 13.3. The molecular formula is C15H30N2OSi. The summed E-state index contributed by atoms with van der Waals surface area (Å²) in [5, 5.41) is 0.294. The number of aromatic nitrogens is 2. The van der Waals surface area contributed by atoms with Crippen LogP contribution in [-0.4, -0.2) is 24.9 Å².